The first kappa shape index (κ1) is 14.3. The Morgan fingerprint density at radius 1 is 1.33 bits per heavy atom. The zero-order chi connectivity index (χ0) is 14.8. The predicted molar refractivity (Wildman–Crippen MR) is 89.7 cm³/mol. The Morgan fingerprint density at radius 2 is 2.14 bits per heavy atom. The second kappa shape index (κ2) is 6.02. The molecule has 3 heteroatoms. The van der Waals surface area contributed by atoms with Gasteiger partial charge in [0.25, 0.3) is 0 Å². The first-order chi connectivity index (χ1) is 10.2. The molecular formula is C18H25N3. The van der Waals surface area contributed by atoms with Crippen molar-refractivity contribution in [3.8, 4) is 0 Å². The Balaban J connectivity index is 2.00. The van der Waals surface area contributed by atoms with Crippen LogP contribution in [0.3, 0.4) is 0 Å². The summed E-state index contributed by atoms with van der Waals surface area (Å²) in [6, 6.07) is 10.8. The summed E-state index contributed by atoms with van der Waals surface area (Å²) in [7, 11) is 1.97. The lowest BCUT2D eigenvalue weighted by Crippen LogP contribution is -2.23. The average molecular weight is 283 g/mol. The first-order valence-electron chi connectivity index (χ1n) is 7.97. The van der Waals surface area contributed by atoms with Crippen LogP contribution in [-0.4, -0.2) is 25.1 Å². The van der Waals surface area contributed by atoms with Crippen molar-refractivity contribution in [2.75, 3.05) is 25.0 Å². The van der Waals surface area contributed by atoms with Gasteiger partial charge in [-0.2, -0.15) is 0 Å². The van der Waals surface area contributed by atoms with E-state index < -0.39 is 0 Å². The highest BCUT2D eigenvalue weighted by atomic mass is 15.2. The number of nitrogens with one attached hydrogen (secondary N) is 1. The molecule has 1 atom stereocenters. The Morgan fingerprint density at radius 3 is 2.86 bits per heavy atom. The zero-order valence-corrected chi connectivity index (χ0v) is 13.3. The van der Waals surface area contributed by atoms with Crippen LogP contribution in [0.2, 0.25) is 0 Å². The normalized spacial score (nSPS) is 18.9. The summed E-state index contributed by atoms with van der Waals surface area (Å²) in [6.07, 6.45) is 1.28. The molecule has 0 radical (unpaired) electrons. The summed E-state index contributed by atoms with van der Waals surface area (Å²) >= 11 is 0. The number of nitrogens with zero attached hydrogens (tertiary/aromatic N) is 2. The maximum atomic E-state index is 4.93. The third-order valence-electron chi connectivity index (χ3n) is 4.60. The smallest absolute Gasteiger partial charge is 0.136 e. The van der Waals surface area contributed by atoms with Crippen LogP contribution in [0.25, 0.3) is 10.8 Å². The van der Waals surface area contributed by atoms with Crippen LogP contribution >= 0.6 is 0 Å². The Bertz CT molecular complexity index is 621. The number of hydrogen-bond acceptors (Lipinski definition) is 3. The van der Waals surface area contributed by atoms with E-state index in [1.807, 2.05) is 7.05 Å². The Kier molecular flexibility index (Phi) is 4.11. The summed E-state index contributed by atoms with van der Waals surface area (Å²) in [4.78, 5) is 7.41. The molecule has 2 heterocycles. The van der Waals surface area contributed by atoms with Crippen LogP contribution in [0.1, 0.15) is 26.0 Å². The molecule has 1 fully saturated rings. The number of benzene rings is 1. The van der Waals surface area contributed by atoms with E-state index in [1.165, 1.54) is 23.0 Å². The Labute approximate surface area is 127 Å². The van der Waals surface area contributed by atoms with Crippen molar-refractivity contribution in [2.45, 2.75) is 26.8 Å². The number of aromatic nitrogens is 1. The summed E-state index contributed by atoms with van der Waals surface area (Å²) in [5.41, 5.74) is 1.12. The van der Waals surface area contributed by atoms with Gasteiger partial charge in [0.05, 0.1) is 5.69 Å². The average Bonchev–Trinajstić information content (AvgIpc) is 2.96. The van der Waals surface area contributed by atoms with E-state index in [0.717, 1.165) is 37.2 Å². The van der Waals surface area contributed by atoms with Crippen LogP contribution in [0.15, 0.2) is 30.3 Å². The van der Waals surface area contributed by atoms with Crippen molar-refractivity contribution in [1.82, 2.24) is 10.3 Å². The molecule has 1 aliphatic heterocycles. The molecule has 1 N–H and O–H groups in total. The van der Waals surface area contributed by atoms with E-state index in [0.29, 0.717) is 0 Å². The van der Waals surface area contributed by atoms with E-state index in [9.17, 15) is 0 Å². The first-order valence-corrected chi connectivity index (χ1v) is 7.97. The van der Waals surface area contributed by atoms with E-state index in [1.54, 1.807) is 0 Å². The fourth-order valence-corrected chi connectivity index (χ4v) is 3.27. The van der Waals surface area contributed by atoms with Crippen molar-refractivity contribution in [3.05, 3.63) is 36.0 Å². The fourth-order valence-electron chi connectivity index (χ4n) is 3.27. The standard InChI is InChI=1S/C18H25N3/c1-13(2)15-8-9-21(12-15)18-17-7-5-4-6-14(17)10-16(20-18)11-19-3/h4-7,10,13,15,19H,8-9,11-12H2,1-3H3. The van der Waals surface area contributed by atoms with Gasteiger partial charge in [-0.05, 0) is 36.8 Å². The van der Waals surface area contributed by atoms with Crippen molar-refractivity contribution in [1.29, 1.82) is 0 Å². The van der Waals surface area contributed by atoms with Crippen molar-refractivity contribution in [3.63, 3.8) is 0 Å². The van der Waals surface area contributed by atoms with Gasteiger partial charge in [-0.3, -0.25) is 0 Å². The maximum Gasteiger partial charge on any atom is 0.136 e. The lowest BCUT2D eigenvalue weighted by molar-refractivity contribution is 0.422. The van der Waals surface area contributed by atoms with Gasteiger partial charge in [-0.15, -0.1) is 0 Å². The van der Waals surface area contributed by atoms with Crippen LogP contribution in [0.4, 0.5) is 5.82 Å². The minimum Gasteiger partial charge on any atom is -0.356 e. The van der Waals surface area contributed by atoms with E-state index in [-0.39, 0.29) is 0 Å². The molecule has 1 saturated heterocycles. The van der Waals surface area contributed by atoms with Crippen LogP contribution in [0.5, 0.6) is 0 Å². The quantitative estimate of drug-likeness (QED) is 0.931. The minimum atomic E-state index is 0.752. The molecule has 2 aromatic rings. The third-order valence-corrected chi connectivity index (χ3v) is 4.60. The summed E-state index contributed by atoms with van der Waals surface area (Å²) in [5, 5.41) is 5.78. The molecule has 3 rings (SSSR count). The van der Waals surface area contributed by atoms with Crippen molar-refractivity contribution in [2.24, 2.45) is 11.8 Å². The zero-order valence-electron chi connectivity index (χ0n) is 13.3. The van der Waals surface area contributed by atoms with Crippen LogP contribution in [-0.2, 0) is 6.54 Å². The van der Waals surface area contributed by atoms with Crippen molar-refractivity contribution >= 4 is 16.6 Å². The molecule has 3 nitrogen and oxygen atoms in total. The molecule has 1 aromatic heterocycles. The second-order valence-electron chi connectivity index (χ2n) is 6.43. The largest absolute Gasteiger partial charge is 0.356 e. The van der Waals surface area contributed by atoms with Gasteiger partial charge in [-0.25, -0.2) is 4.98 Å². The number of anilines is 1. The molecule has 1 aliphatic rings. The summed E-state index contributed by atoms with van der Waals surface area (Å²) < 4.78 is 0. The molecule has 1 aromatic carbocycles. The van der Waals surface area contributed by atoms with Crippen LogP contribution < -0.4 is 10.2 Å². The van der Waals surface area contributed by atoms with E-state index >= 15 is 0 Å². The SMILES string of the molecule is CNCc1cc2ccccc2c(N2CCC(C(C)C)C2)n1. The number of rotatable bonds is 4. The van der Waals surface area contributed by atoms with Gasteiger partial charge >= 0.3 is 0 Å². The molecule has 1 unspecified atom stereocenters. The highest BCUT2D eigenvalue weighted by molar-refractivity contribution is 5.92. The van der Waals surface area contributed by atoms with Crippen LogP contribution in [0, 0.1) is 11.8 Å². The summed E-state index contributed by atoms with van der Waals surface area (Å²) in [6.45, 7) is 7.74. The molecule has 0 saturated carbocycles. The minimum absolute atomic E-state index is 0.752. The second-order valence-corrected chi connectivity index (χ2v) is 6.43. The molecule has 0 aliphatic carbocycles. The highest BCUT2D eigenvalue weighted by Gasteiger charge is 2.26. The lowest BCUT2D eigenvalue weighted by atomic mass is 9.95. The number of pyridine rings is 1. The fraction of sp³-hybridized carbons (Fsp3) is 0.500. The van der Waals surface area contributed by atoms with Gasteiger partial charge in [0.1, 0.15) is 5.82 Å². The van der Waals surface area contributed by atoms with E-state index in [2.05, 4.69) is 54.4 Å². The van der Waals surface area contributed by atoms with Crippen molar-refractivity contribution < 1.29 is 0 Å². The van der Waals surface area contributed by atoms with Gasteiger partial charge in [0.2, 0.25) is 0 Å². The van der Waals surface area contributed by atoms with Gasteiger partial charge in [-0.1, -0.05) is 38.1 Å². The molecular weight excluding hydrogens is 258 g/mol. The van der Waals surface area contributed by atoms with Gasteiger partial charge < -0.3 is 10.2 Å². The molecule has 0 spiro atoms. The topological polar surface area (TPSA) is 28.2 Å². The number of hydrogen-bond donors (Lipinski definition) is 1. The maximum absolute atomic E-state index is 4.93. The Hall–Kier alpha value is -1.61. The van der Waals surface area contributed by atoms with E-state index in [4.69, 9.17) is 4.98 Å². The molecule has 0 amide bonds. The predicted octanol–water partition coefficient (Wildman–Crippen LogP) is 3.44. The highest BCUT2D eigenvalue weighted by Crippen LogP contribution is 2.32. The number of fused-ring (bicyclic) bond motifs is 1. The van der Waals surface area contributed by atoms with Gasteiger partial charge in [0, 0.05) is 25.0 Å². The molecule has 0 bridgehead atoms. The summed E-state index contributed by atoms with van der Waals surface area (Å²) in [5.74, 6) is 2.71. The molecule has 21 heavy (non-hydrogen) atoms. The monoisotopic (exact) mass is 283 g/mol. The molecule has 112 valence electrons. The lowest BCUT2D eigenvalue weighted by Gasteiger charge is -2.21. The van der Waals surface area contributed by atoms with Gasteiger partial charge in [0.15, 0.2) is 0 Å². The third kappa shape index (κ3) is 2.88.